The van der Waals surface area contributed by atoms with Gasteiger partial charge >= 0.3 is 6.18 Å². The van der Waals surface area contributed by atoms with Crippen molar-refractivity contribution in [2.75, 3.05) is 11.9 Å². The number of alkyl halides is 3. The SMILES string of the molecule is CCOC(C)C(=O)Nc1ccc(Oc2ccccc2)cc1C(F)(F)F. The highest BCUT2D eigenvalue weighted by Crippen LogP contribution is 2.38. The Labute approximate surface area is 143 Å². The molecule has 0 saturated heterocycles. The van der Waals surface area contributed by atoms with E-state index >= 15 is 0 Å². The van der Waals surface area contributed by atoms with Crippen LogP contribution in [0.15, 0.2) is 48.5 Å². The van der Waals surface area contributed by atoms with Crippen LogP contribution in [0.1, 0.15) is 19.4 Å². The van der Waals surface area contributed by atoms with E-state index in [-0.39, 0.29) is 18.0 Å². The predicted molar refractivity (Wildman–Crippen MR) is 87.7 cm³/mol. The third kappa shape index (κ3) is 5.22. The highest BCUT2D eigenvalue weighted by Gasteiger charge is 2.35. The smallest absolute Gasteiger partial charge is 0.418 e. The van der Waals surface area contributed by atoms with Crippen LogP contribution in [0.2, 0.25) is 0 Å². The number of nitrogens with one attached hydrogen (secondary N) is 1. The summed E-state index contributed by atoms with van der Waals surface area (Å²) in [6.45, 7) is 3.45. The van der Waals surface area contributed by atoms with Gasteiger partial charge in [0.1, 0.15) is 17.6 Å². The third-order valence-corrected chi connectivity index (χ3v) is 3.32. The van der Waals surface area contributed by atoms with Gasteiger partial charge in [0.15, 0.2) is 0 Å². The molecule has 0 fully saturated rings. The van der Waals surface area contributed by atoms with Crippen LogP contribution in [0.3, 0.4) is 0 Å². The van der Waals surface area contributed by atoms with E-state index in [4.69, 9.17) is 9.47 Å². The summed E-state index contributed by atoms with van der Waals surface area (Å²) in [4.78, 5) is 11.9. The van der Waals surface area contributed by atoms with Crippen molar-refractivity contribution in [1.82, 2.24) is 0 Å². The van der Waals surface area contributed by atoms with Gasteiger partial charge in [0.25, 0.3) is 5.91 Å². The first kappa shape index (κ1) is 18.8. The molecule has 7 heteroatoms. The third-order valence-electron chi connectivity index (χ3n) is 3.32. The molecule has 0 aliphatic carbocycles. The van der Waals surface area contributed by atoms with Crippen LogP contribution in [0.5, 0.6) is 11.5 Å². The Hall–Kier alpha value is -2.54. The van der Waals surface area contributed by atoms with Crippen LogP contribution in [0.25, 0.3) is 0 Å². The predicted octanol–water partition coefficient (Wildman–Crippen LogP) is 4.86. The quantitative estimate of drug-likeness (QED) is 0.807. The van der Waals surface area contributed by atoms with E-state index in [1.165, 1.54) is 13.0 Å². The van der Waals surface area contributed by atoms with Crippen molar-refractivity contribution in [2.24, 2.45) is 0 Å². The second-order valence-electron chi connectivity index (χ2n) is 5.21. The molecule has 0 bridgehead atoms. The zero-order valence-corrected chi connectivity index (χ0v) is 13.8. The van der Waals surface area contributed by atoms with Crippen molar-refractivity contribution in [3.63, 3.8) is 0 Å². The largest absolute Gasteiger partial charge is 0.457 e. The van der Waals surface area contributed by atoms with Crippen molar-refractivity contribution in [2.45, 2.75) is 26.1 Å². The number of hydrogen-bond acceptors (Lipinski definition) is 3. The van der Waals surface area contributed by atoms with Crippen LogP contribution >= 0.6 is 0 Å². The lowest BCUT2D eigenvalue weighted by Crippen LogP contribution is -2.28. The summed E-state index contributed by atoms with van der Waals surface area (Å²) in [6.07, 6.45) is -5.50. The van der Waals surface area contributed by atoms with Gasteiger partial charge in [0, 0.05) is 6.61 Å². The zero-order chi connectivity index (χ0) is 18.4. The Balaban J connectivity index is 2.27. The Kier molecular flexibility index (Phi) is 6.03. The lowest BCUT2D eigenvalue weighted by Gasteiger charge is -2.17. The zero-order valence-electron chi connectivity index (χ0n) is 13.8. The Morgan fingerprint density at radius 2 is 1.80 bits per heavy atom. The first-order valence-electron chi connectivity index (χ1n) is 7.68. The van der Waals surface area contributed by atoms with E-state index < -0.39 is 23.8 Å². The molecule has 25 heavy (non-hydrogen) atoms. The fourth-order valence-corrected chi connectivity index (χ4v) is 2.12. The normalized spacial score (nSPS) is 12.5. The van der Waals surface area contributed by atoms with Gasteiger partial charge in [0.05, 0.1) is 11.3 Å². The van der Waals surface area contributed by atoms with Crippen LogP contribution in [-0.4, -0.2) is 18.6 Å². The number of anilines is 1. The number of amides is 1. The number of hydrogen-bond donors (Lipinski definition) is 1. The van der Waals surface area contributed by atoms with Crippen molar-refractivity contribution >= 4 is 11.6 Å². The molecule has 1 unspecified atom stereocenters. The summed E-state index contributed by atoms with van der Waals surface area (Å²) in [5, 5.41) is 2.25. The molecule has 0 spiro atoms. The van der Waals surface area contributed by atoms with Gasteiger partial charge in [-0.05, 0) is 44.2 Å². The average Bonchev–Trinajstić information content (AvgIpc) is 2.56. The number of benzene rings is 2. The standard InChI is InChI=1S/C18H18F3NO3/c1-3-24-12(2)17(23)22-16-10-9-14(11-15(16)18(19,20)21)25-13-7-5-4-6-8-13/h4-12H,3H2,1-2H3,(H,22,23). The number of para-hydroxylation sites is 1. The minimum Gasteiger partial charge on any atom is -0.457 e. The van der Waals surface area contributed by atoms with Crippen molar-refractivity contribution < 1.29 is 27.4 Å². The molecule has 1 atom stereocenters. The first-order chi connectivity index (χ1) is 11.8. The van der Waals surface area contributed by atoms with Gasteiger partial charge in [-0.15, -0.1) is 0 Å². The van der Waals surface area contributed by atoms with E-state index in [9.17, 15) is 18.0 Å². The number of ether oxygens (including phenoxy) is 2. The molecule has 0 aliphatic heterocycles. The Morgan fingerprint density at radius 1 is 1.12 bits per heavy atom. The van der Waals surface area contributed by atoms with Gasteiger partial charge in [-0.3, -0.25) is 4.79 Å². The molecule has 2 rings (SSSR count). The van der Waals surface area contributed by atoms with E-state index in [0.29, 0.717) is 5.75 Å². The maximum Gasteiger partial charge on any atom is 0.418 e. The number of carbonyl (C=O) groups is 1. The summed E-state index contributed by atoms with van der Waals surface area (Å²) in [6, 6.07) is 11.8. The second-order valence-corrected chi connectivity index (χ2v) is 5.21. The highest BCUT2D eigenvalue weighted by molar-refractivity contribution is 5.94. The van der Waals surface area contributed by atoms with Crippen LogP contribution < -0.4 is 10.1 Å². The number of halogens is 3. The van der Waals surface area contributed by atoms with Crippen LogP contribution in [0.4, 0.5) is 18.9 Å². The average molecular weight is 353 g/mol. The molecule has 0 aliphatic rings. The summed E-state index contributed by atoms with van der Waals surface area (Å²) >= 11 is 0. The van der Waals surface area contributed by atoms with Gasteiger partial charge in [-0.2, -0.15) is 13.2 Å². The molecule has 2 aromatic carbocycles. The molecule has 0 radical (unpaired) electrons. The number of carbonyl (C=O) groups excluding carboxylic acids is 1. The maximum atomic E-state index is 13.3. The van der Waals surface area contributed by atoms with Crippen molar-refractivity contribution in [3.05, 3.63) is 54.1 Å². The number of rotatable bonds is 6. The first-order valence-corrected chi connectivity index (χ1v) is 7.68. The van der Waals surface area contributed by atoms with Crippen molar-refractivity contribution in [3.8, 4) is 11.5 Å². The van der Waals surface area contributed by atoms with Gasteiger partial charge in [-0.1, -0.05) is 18.2 Å². The van der Waals surface area contributed by atoms with E-state index in [1.54, 1.807) is 37.3 Å². The molecular weight excluding hydrogens is 335 g/mol. The maximum absolute atomic E-state index is 13.3. The van der Waals surface area contributed by atoms with Crippen LogP contribution in [-0.2, 0) is 15.7 Å². The van der Waals surface area contributed by atoms with Gasteiger partial charge in [-0.25, -0.2) is 0 Å². The Morgan fingerprint density at radius 3 is 2.40 bits per heavy atom. The molecule has 0 heterocycles. The molecule has 1 amide bonds. The fourth-order valence-electron chi connectivity index (χ4n) is 2.12. The highest BCUT2D eigenvalue weighted by atomic mass is 19.4. The lowest BCUT2D eigenvalue weighted by atomic mass is 10.1. The second kappa shape index (κ2) is 8.02. The summed E-state index contributed by atoms with van der Waals surface area (Å²) in [5.41, 5.74) is -1.33. The Bertz CT molecular complexity index is 717. The minimum atomic E-state index is -4.65. The fraction of sp³-hybridized carbons (Fsp3) is 0.278. The lowest BCUT2D eigenvalue weighted by molar-refractivity contribution is -0.137. The molecule has 134 valence electrons. The van der Waals surface area contributed by atoms with E-state index in [1.807, 2.05) is 0 Å². The van der Waals surface area contributed by atoms with E-state index in [0.717, 1.165) is 12.1 Å². The van der Waals surface area contributed by atoms with Gasteiger partial charge in [0.2, 0.25) is 0 Å². The molecule has 2 aromatic rings. The topological polar surface area (TPSA) is 47.6 Å². The minimum absolute atomic E-state index is 0.0226. The van der Waals surface area contributed by atoms with Crippen LogP contribution in [0, 0.1) is 0 Å². The van der Waals surface area contributed by atoms with E-state index in [2.05, 4.69) is 5.32 Å². The summed E-state index contributed by atoms with van der Waals surface area (Å²) in [7, 11) is 0. The van der Waals surface area contributed by atoms with Crippen molar-refractivity contribution in [1.29, 1.82) is 0 Å². The molecular formula is C18H18F3NO3. The monoisotopic (exact) mass is 353 g/mol. The summed E-state index contributed by atoms with van der Waals surface area (Å²) < 4.78 is 50.5. The molecule has 4 nitrogen and oxygen atoms in total. The summed E-state index contributed by atoms with van der Waals surface area (Å²) in [5.74, 6) is -0.212. The molecule has 0 aromatic heterocycles. The van der Waals surface area contributed by atoms with Gasteiger partial charge < -0.3 is 14.8 Å². The molecule has 1 N–H and O–H groups in total. The molecule has 0 saturated carbocycles.